The maximum Gasteiger partial charge on any atom is 0.270 e. The second-order valence-electron chi connectivity index (χ2n) is 6.69. The van der Waals surface area contributed by atoms with Gasteiger partial charge in [0, 0.05) is 24.7 Å². The second kappa shape index (κ2) is 8.44. The van der Waals surface area contributed by atoms with Gasteiger partial charge in [0.1, 0.15) is 11.4 Å². The van der Waals surface area contributed by atoms with Crippen LogP contribution in [0.4, 0.5) is 5.69 Å². The zero-order valence-electron chi connectivity index (χ0n) is 15.4. The van der Waals surface area contributed by atoms with Gasteiger partial charge in [-0.1, -0.05) is 24.3 Å². The number of amides is 2. The molecule has 2 aromatic rings. The van der Waals surface area contributed by atoms with Crippen molar-refractivity contribution in [1.29, 1.82) is 0 Å². The average Bonchev–Trinajstić information content (AvgIpc) is 3.15. The molecule has 0 saturated heterocycles. The van der Waals surface area contributed by atoms with E-state index in [1.807, 2.05) is 55.4 Å². The van der Waals surface area contributed by atoms with Crippen molar-refractivity contribution in [2.24, 2.45) is 11.0 Å². The van der Waals surface area contributed by atoms with Crippen LogP contribution in [0.3, 0.4) is 0 Å². The minimum Gasteiger partial charge on any atom is -0.350 e. The smallest absolute Gasteiger partial charge is 0.270 e. The summed E-state index contributed by atoms with van der Waals surface area (Å²) in [4.78, 5) is 28.6. The van der Waals surface area contributed by atoms with Crippen molar-refractivity contribution in [3.63, 3.8) is 0 Å². The number of rotatable bonds is 6. The number of carbonyl (C=O) groups is 2. The molecular formula is C20H23N5O2. The highest BCUT2D eigenvalue weighted by atomic mass is 16.2. The molecule has 0 aliphatic carbocycles. The van der Waals surface area contributed by atoms with Crippen LogP contribution in [0.25, 0.3) is 0 Å². The van der Waals surface area contributed by atoms with Crippen LogP contribution in [0.1, 0.15) is 34.8 Å². The number of aromatic nitrogens is 1. The molecule has 0 saturated carbocycles. The molecule has 7 heteroatoms. The average molecular weight is 365 g/mol. The van der Waals surface area contributed by atoms with Crippen molar-refractivity contribution >= 4 is 23.7 Å². The summed E-state index contributed by atoms with van der Waals surface area (Å²) < 4.78 is 0. The van der Waals surface area contributed by atoms with Gasteiger partial charge in [-0.25, -0.2) is 4.98 Å². The SMILES string of the molecule is CC(C)NC(=O)c1cccc(C(=O)NCC2C=NN(c3ccccc3)C2)n1. The van der Waals surface area contributed by atoms with E-state index in [2.05, 4.69) is 20.7 Å². The van der Waals surface area contributed by atoms with Crippen LogP contribution in [0.15, 0.2) is 53.6 Å². The Morgan fingerprint density at radius 3 is 2.48 bits per heavy atom. The molecule has 7 nitrogen and oxygen atoms in total. The molecule has 0 fully saturated rings. The minimum atomic E-state index is -0.305. The van der Waals surface area contributed by atoms with Gasteiger partial charge in [-0.15, -0.1) is 0 Å². The summed E-state index contributed by atoms with van der Waals surface area (Å²) in [5.41, 5.74) is 1.48. The lowest BCUT2D eigenvalue weighted by Gasteiger charge is -2.16. The van der Waals surface area contributed by atoms with E-state index in [1.54, 1.807) is 18.2 Å². The van der Waals surface area contributed by atoms with Crippen LogP contribution < -0.4 is 15.6 Å². The van der Waals surface area contributed by atoms with Gasteiger partial charge in [-0.05, 0) is 38.1 Å². The maximum atomic E-state index is 12.4. The van der Waals surface area contributed by atoms with E-state index in [0.717, 1.165) is 5.69 Å². The van der Waals surface area contributed by atoms with E-state index in [-0.39, 0.29) is 35.2 Å². The quantitative estimate of drug-likeness (QED) is 0.820. The number of pyridine rings is 1. The number of anilines is 1. The lowest BCUT2D eigenvalue weighted by molar-refractivity contribution is 0.0936. The Labute approximate surface area is 158 Å². The molecule has 1 aromatic carbocycles. The van der Waals surface area contributed by atoms with Crippen molar-refractivity contribution < 1.29 is 9.59 Å². The first-order valence-electron chi connectivity index (χ1n) is 8.95. The lowest BCUT2D eigenvalue weighted by Crippen LogP contribution is -2.34. The monoisotopic (exact) mass is 365 g/mol. The normalized spacial score (nSPS) is 15.8. The molecule has 27 heavy (non-hydrogen) atoms. The van der Waals surface area contributed by atoms with E-state index in [4.69, 9.17) is 0 Å². The Hall–Kier alpha value is -3.22. The topological polar surface area (TPSA) is 86.7 Å². The summed E-state index contributed by atoms with van der Waals surface area (Å²) in [5.74, 6) is -0.483. The summed E-state index contributed by atoms with van der Waals surface area (Å²) in [6, 6.07) is 14.7. The number of benzene rings is 1. The van der Waals surface area contributed by atoms with Gasteiger partial charge in [-0.3, -0.25) is 14.6 Å². The van der Waals surface area contributed by atoms with Gasteiger partial charge in [0.2, 0.25) is 0 Å². The van der Waals surface area contributed by atoms with Crippen LogP contribution in [0, 0.1) is 5.92 Å². The Kier molecular flexibility index (Phi) is 5.80. The fraction of sp³-hybridized carbons (Fsp3) is 0.300. The van der Waals surface area contributed by atoms with Crippen molar-refractivity contribution in [1.82, 2.24) is 15.6 Å². The van der Waals surface area contributed by atoms with Gasteiger partial charge in [0.15, 0.2) is 0 Å². The van der Waals surface area contributed by atoms with Crippen LogP contribution in [0.5, 0.6) is 0 Å². The van der Waals surface area contributed by atoms with Gasteiger partial charge in [0.25, 0.3) is 11.8 Å². The summed E-state index contributed by atoms with van der Waals surface area (Å²) in [5, 5.41) is 11.9. The van der Waals surface area contributed by atoms with Gasteiger partial charge in [-0.2, -0.15) is 5.10 Å². The zero-order chi connectivity index (χ0) is 19.2. The first kappa shape index (κ1) is 18.6. The summed E-state index contributed by atoms with van der Waals surface area (Å²) in [6.07, 6.45) is 1.84. The first-order valence-corrected chi connectivity index (χ1v) is 8.95. The standard InChI is InChI=1S/C20H23N5O2/c1-14(2)23-20(27)18-10-6-9-17(24-18)19(26)21-11-15-12-22-25(13-15)16-7-4-3-5-8-16/h3-10,12,14-15H,11,13H2,1-2H3,(H,21,26)(H,23,27). The minimum absolute atomic E-state index is 0.00555. The fourth-order valence-electron chi connectivity index (χ4n) is 2.72. The summed E-state index contributed by atoms with van der Waals surface area (Å²) >= 11 is 0. The highest BCUT2D eigenvalue weighted by Gasteiger charge is 2.20. The molecule has 1 aliphatic heterocycles. The summed E-state index contributed by atoms with van der Waals surface area (Å²) in [7, 11) is 0. The third-order valence-electron chi connectivity index (χ3n) is 4.04. The van der Waals surface area contributed by atoms with E-state index in [9.17, 15) is 9.59 Å². The second-order valence-corrected chi connectivity index (χ2v) is 6.69. The Morgan fingerprint density at radius 2 is 1.78 bits per heavy atom. The molecule has 0 spiro atoms. The molecule has 1 aliphatic rings. The zero-order valence-corrected chi connectivity index (χ0v) is 15.4. The molecule has 1 unspecified atom stereocenters. The van der Waals surface area contributed by atoms with Crippen molar-refractivity contribution in [2.45, 2.75) is 19.9 Å². The molecular weight excluding hydrogens is 342 g/mol. The van der Waals surface area contributed by atoms with Gasteiger partial charge >= 0.3 is 0 Å². The predicted molar refractivity (Wildman–Crippen MR) is 105 cm³/mol. The first-order chi connectivity index (χ1) is 13.0. The Balaban J connectivity index is 1.54. The van der Waals surface area contributed by atoms with Gasteiger partial charge < -0.3 is 10.6 Å². The van der Waals surface area contributed by atoms with Crippen LogP contribution >= 0.6 is 0 Å². The van der Waals surface area contributed by atoms with E-state index in [1.165, 1.54) is 0 Å². The van der Waals surface area contributed by atoms with E-state index in [0.29, 0.717) is 13.1 Å². The van der Waals surface area contributed by atoms with E-state index < -0.39 is 0 Å². The third kappa shape index (κ3) is 4.91. The fourth-order valence-corrected chi connectivity index (χ4v) is 2.72. The van der Waals surface area contributed by atoms with Gasteiger partial charge in [0.05, 0.1) is 12.2 Å². The van der Waals surface area contributed by atoms with Crippen molar-refractivity contribution in [3.8, 4) is 0 Å². The maximum absolute atomic E-state index is 12.4. The highest BCUT2D eigenvalue weighted by Crippen LogP contribution is 2.18. The Morgan fingerprint density at radius 1 is 1.07 bits per heavy atom. The highest BCUT2D eigenvalue weighted by molar-refractivity contribution is 5.96. The molecule has 0 bridgehead atoms. The summed E-state index contributed by atoms with van der Waals surface area (Å²) in [6.45, 7) is 4.90. The molecule has 140 valence electrons. The molecule has 1 aromatic heterocycles. The van der Waals surface area contributed by atoms with Crippen molar-refractivity contribution in [2.75, 3.05) is 18.1 Å². The lowest BCUT2D eigenvalue weighted by atomic mass is 10.1. The molecule has 0 radical (unpaired) electrons. The molecule has 3 rings (SSSR count). The third-order valence-corrected chi connectivity index (χ3v) is 4.04. The number of hydrogen-bond donors (Lipinski definition) is 2. The number of para-hydroxylation sites is 1. The molecule has 2 N–H and O–H groups in total. The number of nitrogens with one attached hydrogen (secondary N) is 2. The molecule has 2 amide bonds. The van der Waals surface area contributed by atoms with Crippen LogP contribution in [0.2, 0.25) is 0 Å². The largest absolute Gasteiger partial charge is 0.350 e. The van der Waals surface area contributed by atoms with E-state index >= 15 is 0 Å². The predicted octanol–water partition coefficient (Wildman–Crippen LogP) is 2.07. The van der Waals surface area contributed by atoms with Crippen LogP contribution in [-0.2, 0) is 0 Å². The van der Waals surface area contributed by atoms with Crippen LogP contribution in [-0.4, -0.2) is 42.1 Å². The number of hydrogen-bond acceptors (Lipinski definition) is 5. The number of hydrazone groups is 1. The number of nitrogens with zero attached hydrogens (tertiary/aromatic N) is 3. The molecule has 1 atom stereocenters. The number of carbonyl (C=O) groups excluding carboxylic acids is 2. The Bertz CT molecular complexity index is 835. The molecule has 2 heterocycles. The van der Waals surface area contributed by atoms with Crippen molar-refractivity contribution in [3.05, 3.63) is 59.9 Å².